The number of carbonyl (C=O) groups is 1. The van der Waals surface area contributed by atoms with Crippen LogP contribution in [0.25, 0.3) is 11.2 Å². The number of fused-ring (bicyclic) bond motifs is 1. The number of nitrogens with zero attached hydrogens (tertiary/aromatic N) is 4. The van der Waals surface area contributed by atoms with E-state index in [9.17, 15) is 4.79 Å². The van der Waals surface area contributed by atoms with Gasteiger partial charge in [0.15, 0.2) is 5.65 Å². The van der Waals surface area contributed by atoms with Gasteiger partial charge in [-0.25, -0.2) is 15.0 Å². The summed E-state index contributed by atoms with van der Waals surface area (Å²) in [6.07, 6.45) is 7.33. The quantitative estimate of drug-likeness (QED) is 0.799. The van der Waals surface area contributed by atoms with E-state index in [0.29, 0.717) is 12.5 Å². The van der Waals surface area contributed by atoms with Gasteiger partial charge in [0.2, 0.25) is 5.91 Å². The van der Waals surface area contributed by atoms with Gasteiger partial charge in [-0.3, -0.25) is 4.79 Å². The molecule has 116 valence electrons. The third-order valence-corrected chi connectivity index (χ3v) is 4.32. The van der Waals surface area contributed by atoms with Crippen LogP contribution >= 0.6 is 0 Å². The first-order valence-corrected chi connectivity index (χ1v) is 7.75. The minimum absolute atomic E-state index is 0.0810. The predicted octanol–water partition coefficient (Wildman–Crippen LogP) is 1.89. The lowest BCUT2D eigenvalue weighted by atomic mass is 9.86. The summed E-state index contributed by atoms with van der Waals surface area (Å²) in [5, 5.41) is 3.10. The lowest BCUT2D eigenvalue weighted by Gasteiger charge is -2.36. The van der Waals surface area contributed by atoms with Crippen LogP contribution in [-0.4, -0.2) is 31.5 Å². The van der Waals surface area contributed by atoms with Crippen LogP contribution in [0.1, 0.15) is 24.4 Å². The van der Waals surface area contributed by atoms with Gasteiger partial charge in [-0.1, -0.05) is 30.3 Å². The fourth-order valence-electron chi connectivity index (χ4n) is 3.04. The van der Waals surface area contributed by atoms with Crippen molar-refractivity contribution in [1.29, 1.82) is 0 Å². The Morgan fingerprint density at radius 1 is 1.22 bits per heavy atom. The van der Waals surface area contributed by atoms with Crippen LogP contribution in [0, 0.1) is 0 Å². The van der Waals surface area contributed by atoms with E-state index in [-0.39, 0.29) is 11.9 Å². The molecule has 6 heteroatoms. The minimum Gasteiger partial charge on any atom is -0.353 e. The molecule has 1 amide bonds. The van der Waals surface area contributed by atoms with E-state index in [2.05, 4.69) is 24.8 Å². The fraction of sp³-hybridized carbons (Fsp3) is 0.294. The number of nitrogens with one attached hydrogen (secondary N) is 1. The van der Waals surface area contributed by atoms with E-state index in [1.165, 1.54) is 6.33 Å². The first-order valence-electron chi connectivity index (χ1n) is 7.75. The van der Waals surface area contributed by atoms with Crippen molar-refractivity contribution in [2.75, 3.05) is 0 Å². The number of hydrogen-bond acceptors (Lipinski definition) is 4. The van der Waals surface area contributed by atoms with E-state index < -0.39 is 0 Å². The lowest BCUT2D eigenvalue weighted by Crippen LogP contribution is -2.45. The van der Waals surface area contributed by atoms with Crippen molar-refractivity contribution >= 4 is 17.1 Å². The highest BCUT2D eigenvalue weighted by molar-refractivity contribution is 5.79. The summed E-state index contributed by atoms with van der Waals surface area (Å²) >= 11 is 0. The van der Waals surface area contributed by atoms with Gasteiger partial charge in [0, 0.05) is 12.1 Å². The van der Waals surface area contributed by atoms with Gasteiger partial charge in [-0.05, 0) is 18.4 Å². The summed E-state index contributed by atoms with van der Waals surface area (Å²) in [6, 6.07) is 10.4. The lowest BCUT2D eigenvalue weighted by molar-refractivity contribution is -0.121. The van der Waals surface area contributed by atoms with Crippen molar-refractivity contribution in [3.8, 4) is 0 Å². The largest absolute Gasteiger partial charge is 0.353 e. The summed E-state index contributed by atoms with van der Waals surface area (Å²) in [7, 11) is 0. The summed E-state index contributed by atoms with van der Waals surface area (Å²) in [6.45, 7) is 0. The van der Waals surface area contributed by atoms with Crippen LogP contribution in [0.3, 0.4) is 0 Å². The molecule has 0 spiro atoms. The topological polar surface area (TPSA) is 72.7 Å². The molecule has 1 aromatic carbocycles. The third kappa shape index (κ3) is 2.79. The Hall–Kier alpha value is -2.76. The van der Waals surface area contributed by atoms with E-state index in [1.54, 1.807) is 6.20 Å². The molecule has 23 heavy (non-hydrogen) atoms. The zero-order chi connectivity index (χ0) is 15.6. The molecular weight excluding hydrogens is 290 g/mol. The second-order valence-electron chi connectivity index (χ2n) is 5.94. The average molecular weight is 307 g/mol. The maximum atomic E-state index is 12.1. The Balaban J connectivity index is 1.34. The molecule has 3 aromatic rings. The Labute approximate surface area is 133 Å². The molecule has 2 aromatic heterocycles. The average Bonchev–Trinajstić information content (AvgIpc) is 2.95. The molecule has 1 aliphatic carbocycles. The Morgan fingerprint density at radius 2 is 2.04 bits per heavy atom. The van der Waals surface area contributed by atoms with Crippen molar-refractivity contribution in [3.05, 3.63) is 54.7 Å². The number of carbonyl (C=O) groups excluding carboxylic acids is 1. The van der Waals surface area contributed by atoms with E-state index in [0.717, 1.165) is 29.6 Å². The highest BCUT2D eigenvalue weighted by atomic mass is 16.1. The highest BCUT2D eigenvalue weighted by Crippen LogP contribution is 2.33. The van der Waals surface area contributed by atoms with Gasteiger partial charge < -0.3 is 9.88 Å². The molecule has 0 saturated heterocycles. The second-order valence-corrected chi connectivity index (χ2v) is 5.94. The van der Waals surface area contributed by atoms with Crippen LogP contribution in [0.15, 0.2) is 49.2 Å². The van der Waals surface area contributed by atoms with Gasteiger partial charge in [0.25, 0.3) is 0 Å². The van der Waals surface area contributed by atoms with Crippen molar-refractivity contribution in [1.82, 2.24) is 24.8 Å². The monoisotopic (exact) mass is 307 g/mol. The molecule has 4 rings (SSSR count). The molecule has 1 N–H and O–H groups in total. The maximum Gasteiger partial charge on any atom is 0.224 e. The molecular formula is C17H17N5O. The Kier molecular flexibility index (Phi) is 3.49. The van der Waals surface area contributed by atoms with Gasteiger partial charge in [0.1, 0.15) is 11.8 Å². The van der Waals surface area contributed by atoms with Crippen LogP contribution in [0.5, 0.6) is 0 Å². The van der Waals surface area contributed by atoms with E-state index >= 15 is 0 Å². The molecule has 1 saturated carbocycles. The summed E-state index contributed by atoms with van der Waals surface area (Å²) < 4.78 is 2.08. The van der Waals surface area contributed by atoms with Crippen molar-refractivity contribution < 1.29 is 4.79 Å². The molecule has 0 bridgehead atoms. The highest BCUT2D eigenvalue weighted by Gasteiger charge is 2.32. The second kappa shape index (κ2) is 5.79. The van der Waals surface area contributed by atoms with Gasteiger partial charge in [-0.15, -0.1) is 0 Å². The maximum absolute atomic E-state index is 12.1. The third-order valence-electron chi connectivity index (χ3n) is 4.32. The number of imidazole rings is 1. The van der Waals surface area contributed by atoms with Crippen molar-refractivity contribution in [3.63, 3.8) is 0 Å². The van der Waals surface area contributed by atoms with Crippen molar-refractivity contribution in [2.24, 2.45) is 0 Å². The fourth-order valence-corrected chi connectivity index (χ4v) is 3.04. The van der Waals surface area contributed by atoms with Crippen LogP contribution in [0.4, 0.5) is 0 Å². The molecule has 1 fully saturated rings. The molecule has 6 nitrogen and oxygen atoms in total. The summed E-state index contributed by atoms with van der Waals surface area (Å²) in [5.74, 6) is 0.0810. The molecule has 0 radical (unpaired) electrons. The Morgan fingerprint density at radius 3 is 2.87 bits per heavy atom. The molecule has 1 aliphatic rings. The van der Waals surface area contributed by atoms with Crippen molar-refractivity contribution in [2.45, 2.75) is 31.3 Å². The predicted molar refractivity (Wildman–Crippen MR) is 85.7 cm³/mol. The first-order chi connectivity index (χ1) is 11.3. The number of benzene rings is 1. The van der Waals surface area contributed by atoms with E-state index in [4.69, 9.17) is 0 Å². The SMILES string of the molecule is O=C(Cc1ccccc1)NC1CC(n2cnc3cncnc32)C1. The number of hydrogen-bond donors (Lipinski definition) is 1. The number of amides is 1. The van der Waals surface area contributed by atoms with Crippen LogP contribution in [-0.2, 0) is 11.2 Å². The van der Waals surface area contributed by atoms with Crippen LogP contribution in [0.2, 0.25) is 0 Å². The molecule has 0 unspecified atom stereocenters. The summed E-state index contributed by atoms with van der Waals surface area (Å²) in [5.41, 5.74) is 2.71. The smallest absolute Gasteiger partial charge is 0.224 e. The zero-order valence-corrected chi connectivity index (χ0v) is 12.6. The van der Waals surface area contributed by atoms with Gasteiger partial charge in [0.05, 0.1) is 18.9 Å². The standard InChI is InChI=1S/C17H17N5O/c23-16(6-12-4-2-1-3-5-12)21-13-7-14(8-13)22-11-20-15-9-18-10-19-17(15)22/h1-5,9-11,13-14H,6-8H2,(H,21,23). The molecule has 0 aliphatic heterocycles. The molecule has 2 heterocycles. The Bertz CT molecular complexity index is 823. The van der Waals surface area contributed by atoms with Crippen LogP contribution < -0.4 is 5.32 Å². The minimum atomic E-state index is 0.0810. The number of aromatic nitrogens is 4. The molecule has 0 atom stereocenters. The number of rotatable bonds is 4. The first kappa shape index (κ1) is 13.9. The van der Waals surface area contributed by atoms with Gasteiger partial charge >= 0.3 is 0 Å². The normalized spacial score (nSPS) is 20.2. The summed E-state index contributed by atoms with van der Waals surface area (Å²) in [4.78, 5) is 24.7. The zero-order valence-electron chi connectivity index (χ0n) is 12.6. The van der Waals surface area contributed by atoms with E-state index in [1.807, 2.05) is 36.7 Å². The van der Waals surface area contributed by atoms with Gasteiger partial charge in [-0.2, -0.15) is 0 Å².